The highest BCUT2D eigenvalue weighted by atomic mass is 19.1. The molecule has 0 spiro atoms. The van der Waals surface area contributed by atoms with Crippen LogP contribution in [0.3, 0.4) is 0 Å². The fourth-order valence-electron chi connectivity index (χ4n) is 2.40. The van der Waals surface area contributed by atoms with Gasteiger partial charge in [0.15, 0.2) is 0 Å². The van der Waals surface area contributed by atoms with Crippen LogP contribution in [-0.2, 0) is 4.79 Å². The molecule has 2 rings (SSSR count). The summed E-state index contributed by atoms with van der Waals surface area (Å²) < 4.78 is 27.1. The fourth-order valence-corrected chi connectivity index (χ4v) is 2.40. The van der Waals surface area contributed by atoms with Crippen LogP contribution >= 0.6 is 0 Å². The molecule has 0 bridgehead atoms. The molecule has 2 aromatic carbocycles. The van der Waals surface area contributed by atoms with Crippen molar-refractivity contribution in [1.82, 2.24) is 5.32 Å². The molecule has 0 fully saturated rings. The van der Waals surface area contributed by atoms with Crippen molar-refractivity contribution >= 4 is 11.6 Å². The summed E-state index contributed by atoms with van der Waals surface area (Å²) >= 11 is 0. The van der Waals surface area contributed by atoms with E-state index >= 15 is 0 Å². The average molecular weight is 318 g/mol. The molecule has 0 heterocycles. The van der Waals surface area contributed by atoms with Crippen molar-refractivity contribution in [3.8, 4) is 0 Å². The molecule has 23 heavy (non-hydrogen) atoms. The molecule has 0 radical (unpaired) electrons. The van der Waals surface area contributed by atoms with Crippen molar-refractivity contribution in [2.24, 2.45) is 5.92 Å². The van der Waals surface area contributed by atoms with Crippen molar-refractivity contribution in [3.63, 3.8) is 0 Å². The third kappa shape index (κ3) is 4.60. The van der Waals surface area contributed by atoms with Crippen molar-refractivity contribution in [3.05, 3.63) is 65.7 Å². The Hall–Kier alpha value is -2.27. The highest BCUT2D eigenvalue weighted by Gasteiger charge is 2.17. The zero-order valence-electron chi connectivity index (χ0n) is 13.1. The van der Waals surface area contributed by atoms with Gasteiger partial charge < -0.3 is 10.6 Å². The van der Waals surface area contributed by atoms with Crippen molar-refractivity contribution in [2.45, 2.75) is 19.9 Å². The first-order valence-electron chi connectivity index (χ1n) is 7.51. The highest BCUT2D eigenvalue weighted by molar-refractivity contribution is 5.92. The molecule has 3 nitrogen and oxygen atoms in total. The molecule has 122 valence electrons. The van der Waals surface area contributed by atoms with Crippen LogP contribution in [0.2, 0.25) is 0 Å². The number of amides is 1. The third-order valence-electron chi connectivity index (χ3n) is 3.54. The van der Waals surface area contributed by atoms with Gasteiger partial charge >= 0.3 is 0 Å². The summed E-state index contributed by atoms with van der Waals surface area (Å²) in [5.41, 5.74) is 0.646. The minimum absolute atomic E-state index is 0.0209. The maximum Gasteiger partial charge on any atom is 0.238 e. The van der Waals surface area contributed by atoms with Crippen molar-refractivity contribution < 1.29 is 13.6 Å². The molecule has 0 saturated carbocycles. The minimum Gasteiger partial charge on any atom is -0.320 e. The Morgan fingerprint density at radius 1 is 1.00 bits per heavy atom. The number of nitrogens with one attached hydrogen (secondary N) is 2. The van der Waals surface area contributed by atoms with E-state index in [1.165, 1.54) is 6.07 Å². The summed E-state index contributed by atoms with van der Waals surface area (Å²) in [4.78, 5) is 12.0. The number of benzene rings is 2. The molecule has 2 aromatic rings. The molecule has 0 aliphatic carbocycles. The molecule has 0 aliphatic heterocycles. The first kappa shape index (κ1) is 17.1. The van der Waals surface area contributed by atoms with Gasteiger partial charge in [0.2, 0.25) is 5.91 Å². The molecule has 1 atom stereocenters. The molecule has 0 saturated heterocycles. The monoisotopic (exact) mass is 318 g/mol. The number of hydrogen-bond donors (Lipinski definition) is 2. The van der Waals surface area contributed by atoms with Crippen molar-refractivity contribution in [1.29, 1.82) is 0 Å². The van der Waals surface area contributed by atoms with E-state index in [4.69, 9.17) is 0 Å². The standard InChI is InChI=1S/C18H20F2N2O/c1-12(2)17(13-7-4-3-5-8-13)21-11-16(23)22-18-14(19)9-6-10-15(18)20/h3-10,12,17,21H,11H2,1-2H3,(H,22,23)/t17-/m1/s1. The average Bonchev–Trinajstić information content (AvgIpc) is 2.52. The minimum atomic E-state index is -0.790. The Morgan fingerprint density at radius 3 is 2.17 bits per heavy atom. The van der Waals surface area contributed by atoms with E-state index in [0.29, 0.717) is 0 Å². The Balaban J connectivity index is 2.00. The van der Waals surface area contributed by atoms with Crippen LogP contribution in [0.4, 0.5) is 14.5 Å². The van der Waals surface area contributed by atoms with E-state index in [1.54, 1.807) is 0 Å². The van der Waals surface area contributed by atoms with Gasteiger partial charge in [-0.1, -0.05) is 50.2 Å². The zero-order valence-corrected chi connectivity index (χ0v) is 13.1. The molecule has 0 aromatic heterocycles. The predicted molar refractivity (Wildman–Crippen MR) is 87.0 cm³/mol. The number of hydrogen-bond acceptors (Lipinski definition) is 2. The first-order chi connectivity index (χ1) is 11.0. The zero-order chi connectivity index (χ0) is 16.8. The van der Waals surface area contributed by atoms with Crippen molar-refractivity contribution in [2.75, 3.05) is 11.9 Å². The molecule has 1 amide bonds. The van der Waals surface area contributed by atoms with Gasteiger partial charge in [0.25, 0.3) is 0 Å². The third-order valence-corrected chi connectivity index (χ3v) is 3.54. The fraction of sp³-hybridized carbons (Fsp3) is 0.278. The van der Waals surface area contributed by atoms with E-state index in [2.05, 4.69) is 10.6 Å². The summed E-state index contributed by atoms with van der Waals surface area (Å²) in [5.74, 6) is -1.81. The van der Waals surface area contributed by atoms with Crippen LogP contribution in [-0.4, -0.2) is 12.5 Å². The first-order valence-corrected chi connectivity index (χ1v) is 7.51. The molecular weight excluding hydrogens is 298 g/mol. The number of rotatable bonds is 6. The number of para-hydroxylation sites is 1. The largest absolute Gasteiger partial charge is 0.320 e. The van der Waals surface area contributed by atoms with Crippen LogP contribution in [0.25, 0.3) is 0 Å². The predicted octanol–water partition coefficient (Wildman–Crippen LogP) is 3.89. The number of halogens is 2. The van der Waals surface area contributed by atoms with Gasteiger partial charge in [-0.15, -0.1) is 0 Å². The lowest BCUT2D eigenvalue weighted by atomic mass is 9.96. The second-order valence-corrected chi connectivity index (χ2v) is 5.66. The van der Waals surface area contributed by atoms with Gasteiger partial charge in [0.1, 0.15) is 17.3 Å². The summed E-state index contributed by atoms with van der Waals surface area (Å²) in [6, 6.07) is 13.2. The molecule has 2 N–H and O–H groups in total. The second-order valence-electron chi connectivity index (χ2n) is 5.66. The topological polar surface area (TPSA) is 41.1 Å². The van der Waals surface area contributed by atoms with E-state index < -0.39 is 23.2 Å². The number of carbonyl (C=O) groups is 1. The second kappa shape index (κ2) is 7.83. The maximum atomic E-state index is 13.5. The number of carbonyl (C=O) groups excluding carboxylic acids is 1. The summed E-state index contributed by atoms with van der Waals surface area (Å²) in [6.07, 6.45) is 0. The van der Waals surface area contributed by atoms with Crippen LogP contribution in [0.15, 0.2) is 48.5 Å². The lowest BCUT2D eigenvalue weighted by molar-refractivity contribution is -0.115. The van der Waals surface area contributed by atoms with Crippen LogP contribution < -0.4 is 10.6 Å². The maximum absolute atomic E-state index is 13.5. The molecule has 5 heteroatoms. The lowest BCUT2D eigenvalue weighted by Crippen LogP contribution is -2.34. The summed E-state index contributed by atoms with van der Waals surface area (Å²) in [6.45, 7) is 4.05. The Bertz CT molecular complexity index is 639. The molecule has 0 aliphatic rings. The van der Waals surface area contributed by atoms with Crippen LogP contribution in [0.1, 0.15) is 25.5 Å². The Morgan fingerprint density at radius 2 is 1.61 bits per heavy atom. The van der Waals surface area contributed by atoms with Gasteiger partial charge in [0.05, 0.1) is 6.54 Å². The van der Waals surface area contributed by atoms with Gasteiger partial charge in [-0.2, -0.15) is 0 Å². The van der Waals surface area contributed by atoms with Gasteiger partial charge in [-0.3, -0.25) is 4.79 Å². The quantitative estimate of drug-likeness (QED) is 0.848. The van der Waals surface area contributed by atoms with Gasteiger partial charge in [-0.05, 0) is 23.6 Å². The SMILES string of the molecule is CC(C)[C@@H](NCC(=O)Nc1c(F)cccc1F)c1ccccc1. The van der Waals surface area contributed by atoms with E-state index in [1.807, 2.05) is 44.2 Å². The Kier molecular flexibility index (Phi) is 5.82. The van der Waals surface area contributed by atoms with Crippen LogP contribution in [0.5, 0.6) is 0 Å². The van der Waals surface area contributed by atoms with Gasteiger partial charge in [0, 0.05) is 6.04 Å². The van der Waals surface area contributed by atoms with E-state index in [9.17, 15) is 13.6 Å². The lowest BCUT2D eigenvalue weighted by Gasteiger charge is -2.22. The van der Waals surface area contributed by atoms with E-state index in [-0.39, 0.29) is 18.5 Å². The normalized spacial score (nSPS) is 12.2. The number of anilines is 1. The summed E-state index contributed by atoms with van der Waals surface area (Å²) in [7, 11) is 0. The Labute approximate surface area is 134 Å². The van der Waals surface area contributed by atoms with E-state index in [0.717, 1.165) is 17.7 Å². The van der Waals surface area contributed by atoms with Crippen LogP contribution in [0, 0.1) is 17.6 Å². The smallest absolute Gasteiger partial charge is 0.238 e. The van der Waals surface area contributed by atoms with Gasteiger partial charge in [-0.25, -0.2) is 8.78 Å². The molecule has 0 unspecified atom stereocenters. The highest BCUT2D eigenvalue weighted by Crippen LogP contribution is 2.21. The molecular formula is C18H20F2N2O. The summed E-state index contributed by atoms with van der Waals surface area (Å²) in [5, 5.41) is 5.41.